The van der Waals surface area contributed by atoms with E-state index in [4.69, 9.17) is 9.47 Å². The van der Waals surface area contributed by atoms with Gasteiger partial charge >= 0.3 is 0 Å². The number of ether oxygens (including phenoxy) is 2. The zero-order valence-electron chi connectivity index (χ0n) is 16.4. The molecule has 0 saturated heterocycles. The molecule has 0 heterocycles. The minimum atomic E-state index is 0.174. The number of amides is 1. The number of methoxy groups -OCH3 is 1. The average molecular weight is 377 g/mol. The normalized spacial score (nSPS) is 13.9. The summed E-state index contributed by atoms with van der Waals surface area (Å²) in [5.74, 6) is 2.05. The lowest BCUT2D eigenvalue weighted by Crippen LogP contribution is -2.41. The molecule has 0 radical (unpaired) electrons. The molecule has 0 aromatic heterocycles. The van der Waals surface area contributed by atoms with Gasteiger partial charge in [0.05, 0.1) is 13.7 Å². The maximum Gasteiger partial charge on any atom is 0.223 e. The maximum absolute atomic E-state index is 11.6. The molecular formula is C20H32N4O3. The number of rotatable bonds is 12. The van der Waals surface area contributed by atoms with Crippen LogP contribution in [0.5, 0.6) is 5.75 Å². The zero-order valence-corrected chi connectivity index (χ0v) is 16.4. The number of nitrogens with zero attached hydrogens (tertiary/aromatic N) is 1. The first-order chi connectivity index (χ1) is 13.2. The van der Waals surface area contributed by atoms with Crippen LogP contribution in [0.2, 0.25) is 0 Å². The second-order valence-electron chi connectivity index (χ2n) is 6.51. The van der Waals surface area contributed by atoms with Gasteiger partial charge in [0.25, 0.3) is 0 Å². The smallest absolute Gasteiger partial charge is 0.223 e. The van der Waals surface area contributed by atoms with Crippen LogP contribution < -0.4 is 20.7 Å². The summed E-state index contributed by atoms with van der Waals surface area (Å²) in [5, 5.41) is 9.38. The van der Waals surface area contributed by atoms with Crippen LogP contribution in [-0.2, 0) is 16.1 Å². The summed E-state index contributed by atoms with van der Waals surface area (Å²) in [6.45, 7) is 6.05. The van der Waals surface area contributed by atoms with Gasteiger partial charge in [0, 0.05) is 38.7 Å². The molecule has 2 rings (SSSR count). The third-order valence-corrected chi connectivity index (χ3v) is 4.15. The number of benzene rings is 1. The van der Waals surface area contributed by atoms with E-state index in [1.54, 1.807) is 7.11 Å². The number of aliphatic imine (C=N–C) groups is 1. The molecule has 1 fully saturated rings. The zero-order chi connectivity index (χ0) is 19.3. The van der Waals surface area contributed by atoms with Gasteiger partial charge in [-0.05, 0) is 43.9 Å². The molecule has 0 aliphatic heterocycles. The molecule has 3 N–H and O–H groups in total. The van der Waals surface area contributed by atoms with Crippen molar-refractivity contribution in [1.82, 2.24) is 16.0 Å². The van der Waals surface area contributed by atoms with Crippen molar-refractivity contribution in [2.75, 3.05) is 39.9 Å². The van der Waals surface area contributed by atoms with E-state index >= 15 is 0 Å². The molecule has 0 spiro atoms. The molecule has 7 heteroatoms. The van der Waals surface area contributed by atoms with E-state index < -0.39 is 0 Å². The van der Waals surface area contributed by atoms with Crippen LogP contribution in [0, 0.1) is 5.92 Å². The number of carbonyl (C=O) groups excluding carboxylic acids is 1. The van der Waals surface area contributed by atoms with Crippen molar-refractivity contribution in [2.45, 2.75) is 32.8 Å². The van der Waals surface area contributed by atoms with Crippen molar-refractivity contribution in [1.29, 1.82) is 0 Å². The van der Waals surface area contributed by atoms with Crippen LogP contribution in [-0.4, -0.2) is 51.8 Å². The summed E-state index contributed by atoms with van der Waals surface area (Å²) >= 11 is 0. The third kappa shape index (κ3) is 8.77. The fraction of sp³-hybridized carbons (Fsp3) is 0.600. The lowest BCUT2D eigenvalue weighted by atomic mass is 10.2. The minimum Gasteiger partial charge on any atom is -0.497 e. The summed E-state index contributed by atoms with van der Waals surface area (Å²) in [6, 6.07) is 7.88. The minimum absolute atomic E-state index is 0.174. The van der Waals surface area contributed by atoms with Crippen LogP contribution in [0.3, 0.4) is 0 Å². The summed E-state index contributed by atoms with van der Waals surface area (Å²) in [5.41, 5.74) is 1.13. The highest BCUT2D eigenvalue weighted by Gasteiger charge is 2.28. The number of guanidine groups is 1. The van der Waals surface area contributed by atoms with Crippen LogP contribution in [0.15, 0.2) is 29.3 Å². The SMILES string of the molecule is CCNC(=NCCCOCc1ccc(OC)cc1)NCCNC(=O)C1CC1. The van der Waals surface area contributed by atoms with Crippen molar-refractivity contribution >= 4 is 11.9 Å². The lowest BCUT2D eigenvalue weighted by molar-refractivity contribution is -0.122. The Bertz CT molecular complexity index is 585. The number of nitrogens with one attached hydrogen (secondary N) is 3. The van der Waals surface area contributed by atoms with Gasteiger partial charge in [-0.15, -0.1) is 0 Å². The Morgan fingerprint density at radius 2 is 1.89 bits per heavy atom. The Morgan fingerprint density at radius 3 is 2.56 bits per heavy atom. The number of hydrogen-bond donors (Lipinski definition) is 3. The van der Waals surface area contributed by atoms with Crippen molar-refractivity contribution in [3.8, 4) is 5.75 Å². The average Bonchev–Trinajstić information content (AvgIpc) is 3.53. The van der Waals surface area contributed by atoms with Gasteiger partial charge in [-0.1, -0.05) is 12.1 Å². The van der Waals surface area contributed by atoms with E-state index in [1.165, 1.54) is 0 Å². The quantitative estimate of drug-likeness (QED) is 0.294. The molecule has 1 amide bonds. The molecule has 0 unspecified atom stereocenters. The first-order valence-corrected chi connectivity index (χ1v) is 9.73. The molecule has 0 bridgehead atoms. The maximum atomic E-state index is 11.6. The molecule has 1 aromatic rings. The van der Waals surface area contributed by atoms with E-state index in [-0.39, 0.29) is 11.8 Å². The molecule has 7 nitrogen and oxygen atoms in total. The van der Waals surface area contributed by atoms with Crippen LogP contribution in [0.1, 0.15) is 31.7 Å². The monoisotopic (exact) mass is 376 g/mol. The molecule has 27 heavy (non-hydrogen) atoms. The molecule has 1 aromatic carbocycles. The van der Waals surface area contributed by atoms with E-state index in [1.807, 2.05) is 31.2 Å². The Hall–Kier alpha value is -2.28. The van der Waals surface area contributed by atoms with Gasteiger partial charge in [0.1, 0.15) is 5.75 Å². The summed E-state index contributed by atoms with van der Waals surface area (Å²) < 4.78 is 10.8. The van der Waals surface area contributed by atoms with Gasteiger partial charge in [0.15, 0.2) is 5.96 Å². The van der Waals surface area contributed by atoms with Crippen molar-refractivity contribution < 1.29 is 14.3 Å². The Kier molecular flexibility index (Phi) is 9.48. The highest BCUT2D eigenvalue weighted by Crippen LogP contribution is 2.28. The van der Waals surface area contributed by atoms with Crippen molar-refractivity contribution in [2.24, 2.45) is 10.9 Å². The highest BCUT2D eigenvalue weighted by atomic mass is 16.5. The topological polar surface area (TPSA) is 84.0 Å². The van der Waals surface area contributed by atoms with E-state index in [0.717, 1.165) is 43.1 Å². The van der Waals surface area contributed by atoms with Gasteiger partial charge in [0.2, 0.25) is 5.91 Å². The van der Waals surface area contributed by atoms with Gasteiger partial charge in [-0.2, -0.15) is 0 Å². The van der Waals surface area contributed by atoms with Gasteiger partial charge in [-0.25, -0.2) is 0 Å². The molecule has 0 atom stereocenters. The number of carbonyl (C=O) groups is 1. The van der Waals surface area contributed by atoms with Crippen LogP contribution in [0.4, 0.5) is 0 Å². The molecular weight excluding hydrogens is 344 g/mol. The van der Waals surface area contributed by atoms with Gasteiger partial charge in [-0.3, -0.25) is 9.79 Å². The van der Waals surface area contributed by atoms with E-state index in [0.29, 0.717) is 32.8 Å². The predicted molar refractivity (Wildman–Crippen MR) is 107 cm³/mol. The first kappa shape index (κ1) is 21.0. The predicted octanol–water partition coefficient (Wildman–Crippen LogP) is 1.68. The third-order valence-electron chi connectivity index (χ3n) is 4.15. The second kappa shape index (κ2) is 12.2. The Morgan fingerprint density at radius 1 is 1.15 bits per heavy atom. The van der Waals surface area contributed by atoms with Crippen LogP contribution in [0.25, 0.3) is 0 Å². The molecule has 1 aliphatic carbocycles. The largest absolute Gasteiger partial charge is 0.497 e. The fourth-order valence-corrected chi connectivity index (χ4v) is 2.47. The summed E-state index contributed by atoms with van der Waals surface area (Å²) in [6.07, 6.45) is 2.92. The molecule has 1 saturated carbocycles. The second-order valence-corrected chi connectivity index (χ2v) is 6.51. The van der Waals surface area contributed by atoms with Gasteiger partial charge < -0.3 is 25.4 Å². The van der Waals surface area contributed by atoms with Crippen molar-refractivity contribution in [3.05, 3.63) is 29.8 Å². The van der Waals surface area contributed by atoms with E-state index in [9.17, 15) is 4.79 Å². The number of hydrogen-bond acceptors (Lipinski definition) is 4. The summed E-state index contributed by atoms with van der Waals surface area (Å²) in [4.78, 5) is 16.1. The van der Waals surface area contributed by atoms with Crippen LogP contribution >= 0.6 is 0 Å². The standard InChI is InChI=1S/C20H32N4O3/c1-3-21-20(24-13-12-22-19(25)17-7-8-17)23-11-4-14-27-15-16-5-9-18(26-2)10-6-16/h5-6,9-10,17H,3-4,7-8,11-15H2,1-2H3,(H,22,25)(H2,21,23,24). The highest BCUT2D eigenvalue weighted by molar-refractivity contribution is 5.81. The Labute approximate surface area is 161 Å². The molecule has 1 aliphatic rings. The Balaban J connectivity index is 1.55. The lowest BCUT2D eigenvalue weighted by Gasteiger charge is -2.12. The molecule has 150 valence electrons. The van der Waals surface area contributed by atoms with E-state index in [2.05, 4.69) is 20.9 Å². The van der Waals surface area contributed by atoms with Crippen molar-refractivity contribution in [3.63, 3.8) is 0 Å². The fourth-order valence-electron chi connectivity index (χ4n) is 2.47. The first-order valence-electron chi connectivity index (χ1n) is 9.73. The summed E-state index contributed by atoms with van der Waals surface area (Å²) in [7, 11) is 1.66.